The maximum atomic E-state index is 12.2. The smallest absolute Gasteiger partial charge is 0.314 e. The summed E-state index contributed by atoms with van der Waals surface area (Å²) in [6.07, 6.45) is 12.4. The van der Waals surface area contributed by atoms with Gasteiger partial charge in [-0.15, -0.1) is 0 Å². The summed E-state index contributed by atoms with van der Waals surface area (Å²) in [7, 11) is 0. The third-order valence-electron chi connectivity index (χ3n) is 6.73. The molecule has 1 unspecified atom stereocenters. The van der Waals surface area contributed by atoms with Crippen LogP contribution in [0.15, 0.2) is 102 Å². The summed E-state index contributed by atoms with van der Waals surface area (Å²) >= 11 is 0. The predicted molar refractivity (Wildman–Crippen MR) is 161 cm³/mol. The summed E-state index contributed by atoms with van der Waals surface area (Å²) in [6.45, 7) is 3.99. The molecule has 3 N–H and O–H groups in total. The molecule has 1 aliphatic rings. The Morgan fingerprint density at radius 1 is 1.05 bits per heavy atom. The average molecular weight is 536 g/mol. The number of allylic oxidation sites excluding steroid dienone is 4. The van der Waals surface area contributed by atoms with Crippen LogP contribution in [-0.4, -0.2) is 28.3 Å². The molecule has 0 aromatic heterocycles. The fraction of sp³-hybridized carbons (Fsp3) is 0.182. The number of phenolic OH excluding ortho intramolecular Hbond substituents is 1. The van der Waals surface area contributed by atoms with Gasteiger partial charge in [0.15, 0.2) is 0 Å². The summed E-state index contributed by atoms with van der Waals surface area (Å²) in [5.74, 6) is -1.82. The fourth-order valence-corrected chi connectivity index (χ4v) is 4.50. The maximum Gasteiger partial charge on any atom is 0.314 e. The van der Waals surface area contributed by atoms with E-state index in [1.807, 2.05) is 43.3 Å². The standard InChI is InChI=1S/C33H33N3O4/c1-3-4-10-24-17-19-27(20-18-24)36(22-37)31-16-8-7-13-28(31)23(2)34-35-30-15-9-14-29(32(30)38)25-11-5-6-12-26(21-25)33(39)40/h5-9,11-22,26,35,38H,3-4,10H2,1-2H3,(H,39,40)/b34-23+. The molecule has 0 bridgehead atoms. The molecule has 0 spiro atoms. The second-order valence-electron chi connectivity index (χ2n) is 9.50. The summed E-state index contributed by atoms with van der Waals surface area (Å²) in [5, 5.41) is 25.0. The van der Waals surface area contributed by atoms with Gasteiger partial charge in [0.1, 0.15) is 5.75 Å². The van der Waals surface area contributed by atoms with Gasteiger partial charge in [0.05, 0.1) is 23.0 Å². The number of rotatable bonds is 11. The SMILES string of the molecule is CCCCc1ccc(N(C=O)c2ccccc2/C(C)=N/Nc2cccc(C3=CC(C(=O)O)C=CC=C3)c2O)cc1. The van der Waals surface area contributed by atoms with Gasteiger partial charge >= 0.3 is 5.97 Å². The summed E-state index contributed by atoms with van der Waals surface area (Å²) in [6, 6.07) is 20.7. The van der Waals surface area contributed by atoms with Gasteiger partial charge in [0.2, 0.25) is 6.41 Å². The number of anilines is 3. The molecule has 3 aromatic carbocycles. The van der Waals surface area contributed by atoms with E-state index in [4.69, 9.17) is 0 Å². The van der Waals surface area contributed by atoms with E-state index < -0.39 is 11.9 Å². The van der Waals surface area contributed by atoms with Crippen molar-refractivity contribution in [2.45, 2.75) is 33.1 Å². The van der Waals surface area contributed by atoms with Crippen LogP contribution in [0.25, 0.3) is 5.57 Å². The lowest BCUT2D eigenvalue weighted by atomic mass is 9.99. The van der Waals surface area contributed by atoms with Gasteiger partial charge in [0, 0.05) is 16.8 Å². The quantitative estimate of drug-likeness (QED) is 0.105. The molecule has 3 aromatic rings. The number of aromatic hydroxyl groups is 1. The molecule has 1 aliphatic carbocycles. The lowest BCUT2D eigenvalue weighted by molar-refractivity contribution is -0.138. The van der Waals surface area contributed by atoms with Crippen molar-refractivity contribution in [1.29, 1.82) is 0 Å². The molecule has 204 valence electrons. The number of benzene rings is 3. The van der Waals surface area contributed by atoms with Crippen LogP contribution >= 0.6 is 0 Å². The first-order chi connectivity index (χ1) is 19.4. The van der Waals surface area contributed by atoms with E-state index in [0.717, 1.165) is 36.9 Å². The van der Waals surface area contributed by atoms with Gasteiger partial charge in [-0.1, -0.05) is 86.2 Å². The van der Waals surface area contributed by atoms with Gasteiger partial charge < -0.3 is 10.2 Å². The Morgan fingerprint density at radius 2 is 1.82 bits per heavy atom. The van der Waals surface area contributed by atoms with Crippen molar-refractivity contribution >= 4 is 40.7 Å². The predicted octanol–water partition coefficient (Wildman–Crippen LogP) is 7.08. The molecule has 4 rings (SSSR count). The van der Waals surface area contributed by atoms with Crippen LogP contribution in [0.4, 0.5) is 17.1 Å². The van der Waals surface area contributed by atoms with Gasteiger partial charge in [-0.2, -0.15) is 5.10 Å². The number of hydrogen-bond donors (Lipinski definition) is 3. The summed E-state index contributed by atoms with van der Waals surface area (Å²) < 4.78 is 0. The van der Waals surface area contributed by atoms with Crippen LogP contribution in [0.1, 0.15) is 43.4 Å². The molecule has 0 fully saturated rings. The minimum atomic E-state index is -0.970. The zero-order valence-corrected chi connectivity index (χ0v) is 22.6. The number of amides is 1. The van der Waals surface area contributed by atoms with Crippen LogP contribution in [0, 0.1) is 5.92 Å². The number of aliphatic carboxylic acids is 1. The summed E-state index contributed by atoms with van der Waals surface area (Å²) in [4.78, 5) is 25.4. The zero-order valence-electron chi connectivity index (χ0n) is 22.6. The van der Waals surface area contributed by atoms with Crippen LogP contribution in [0.3, 0.4) is 0 Å². The second kappa shape index (κ2) is 13.2. The Balaban J connectivity index is 1.60. The van der Waals surface area contributed by atoms with E-state index in [1.165, 1.54) is 5.56 Å². The number of nitrogens with one attached hydrogen (secondary N) is 1. The number of phenols is 1. The highest BCUT2D eigenvalue weighted by Gasteiger charge is 2.17. The number of para-hydroxylation sites is 2. The number of hydrazone groups is 1. The van der Waals surface area contributed by atoms with Crippen LogP contribution < -0.4 is 10.3 Å². The highest BCUT2D eigenvalue weighted by Crippen LogP contribution is 2.35. The lowest BCUT2D eigenvalue weighted by Gasteiger charge is -2.21. The van der Waals surface area contributed by atoms with Crippen molar-refractivity contribution in [1.82, 2.24) is 0 Å². The first kappa shape index (κ1) is 28.1. The van der Waals surface area contributed by atoms with Crippen molar-refractivity contribution in [2.24, 2.45) is 11.0 Å². The van der Waals surface area contributed by atoms with Crippen molar-refractivity contribution in [3.05, 3.63) is 114 Å². The monoisotopic (exact) mass is 535 g/mol. The van der Waals surface area contributed by atoms with Crippen LogP contribution in [0.5, 0.6) is 5.75 Å². The molecule has 0 saturated heterocycles. The Hall–Kier alpha value is -4.91. The molecule has 0 radical (unpaired) electrons. The second-order valence-corrected chi connectivity index (χ2v) is 9.50. The molecule has 7 nitrogen and oxygen atoms in total. The summed E-state index contributed by atoms with van der Waals surface area (Å²) in [5.41, 5.74) is 8.41. The molecular weight excluding hydrogens is 502 g/mol. The molecular formula is C33H33N3O4. The van der Waals surface area contributed by atoms with Gasteiger partial charge in [-0.3, -0.25) is 19.9 Å². The Kier molecular flexibility index (Phi) is 9.31. The zero-order chi connectivity index (χ0) is 28.5. The van der Waals surface area contributed by atoms with E-state index in [0.29, 0.717) is 28.2 Å². The van der Waals surface area contributed by atoms with E-state index in [2.05, 4.69) is 29.6 Å². The fourth-order valence-electron chi connectivity index (χ4n) is 4.50. The van der Waals surface area contributed by atoms with E-state index >= 15 is 0 Å². The number of carbonyl (C=O) groups excluding carboxylic acids is 1. The Labute approximate surface area is 234 Å². The Morgan fingerprint density at radius 3 is 2.55 bits per heavy atom. The van der Waals surface area contributed by atoms with Crippen molar-refractivity contribution < 1.29 is 19.8 Å². The molecule has 1 atom stereocenters. The molecule has 0 saturated carbocycles. The van der Waals surface area contributed by atoms with Crippen LogP contribution in [0.2, 0.25) is 0 Å². The Bertz CT molecular complexity index is 1490. The topological polar surface area (TPSA) is 102 Å². The molecule has 0 aliphatic heterocycles. The van der Waals surface area contributed by atoms with Crippen molar-refractivity contribution in [2.75, 3.05) is 10.3 Å². The highest BCUT2D eigenvalue weighted by molar-refractivity contribution is 6.07. The van der Waals surface area contributed by atoms with Gasteiger partial charge in [-0.25, -0.2) is 0 Å². The van der Waals surface area contributed by atoms with Crippen molar-refractivity contribution in [3.8, 4) is 5.75 Å². The van der Waals surface area contributed by atoms with Gasteiger partial charge in [-0.05, 0) is 55.2 Å². The lowest BCUT2D eigenvalue weighted by Crippen LogP contribution is -2.17. The molecule has 7 heteroatoms. The third kappa shape index (κ3) is 6.56. The number of carboxylic acids is 1. The van der Waals surface area contributed by atoms with Gasteiger partial charge in [0.25, 0.3) is 0 Å². The van der Waals surface area contributed by atoms with E-state index in [9.17, 15) is 19.8 Å². The molecule has 1 amide bonds. The minimum absolute atomic E-state index is 0.0491. The first-order valence-corrected chi connectivity index (χ1v) is 13.3. The number of unbranched alkanes of at least 4 members (excludes halogenated alkanes) is 1. The third-order valence-corrected chi connectivity index (χ3v) is 6.73. The average Bonchev–Trinajstić information content (AvgIpc) is 3.23. The maximum absolute atomic E-state index is 12.2. The largest absolute Gasteiger partial charge is 0.505 e. The first-order valence-electron chi connectivity index (χ1n) is 13.3. The number of hydrogen-bond acceptors (Lipinski definition) is 5. The number of aryl methyl sites for hydroxylation is 1. The minimum Gasteiger partial charge on any atom is -0.505 e. The number of nitrogens with zero attached hydrogens (tertiary/aromatic N) is 2. The van der Waals surface area contributed by atoms with E-state index in [1.54, 1.807) is 53.5 Å². The molecule has 40 heavy (non-hydrogen) atoms. The molecule has 0 heterocycles. The number of carbonyl (C=O) groups is 2. The number of carboxylic acid groups (broad SMARTS) is 1. The van der Waals surface area contributed by atoms with Crippen molar-refractivity contribution in [3.63, 3.8) is 0 Å². The van der Waals surface area contributed by atoms with E-state index in [-0.39, 0.29) is 5.75 Å². The normalized spacial score (nSPS) is 14.8. The van der Waals surface area contributed by atoms with Crippen LogP contribution in [-0.2, 0) is 16.0 Å². The highest BCUT2D eigenvalue weighted by atomic mass is 16.4.